The number of carboxylic acid groups (broad SMARTS) is 2. The van der Waals surface area contributed by atoms with E-state index in [1.165, 1.54) is 24.3 Å². The van der Waals surface area contributed by atoms with E-state index in [-0.39, 0.29) is 109 Å². The first kappa shape index (κ1) is 64.0. The molecule has 1 aromatic carbocycles. The predicted molar refractivity (Wildman–Crippen MR) is 75.4 cm³/mol. The molecule has 0 amide bonds. The number of aromatic carboxylic acids is 2. The van der Waals surface area contributed by atoms with Gasteiger partial charge in [-0.25, -0.2) is 9.59 Å². The van der Waals surface area contributed by atoms with Crippen LogP contribution in [0.2, 0.25) is 0 Å². The second-order valence-corrected chi connectivity index (χ2v) is 2.77. The standard InChI is InChI=1S/C8H6O4.2Na.H2O3S.7H2O/c9-7(10)5-3-1-2-4-6(5)8(11)12;;;1-4(2)3;;;;;;;/h1-4H,(H,9,10)(H,11,12);;;(H2,1,2,3);7*1H2/q;2*+1;;;;;;;;/p-2. The van der Waals surface area contributed by atoms with Crippen molar-refractivity contribution in [2.45, 2.75) is 0 Å². The summed E-state index contributed by atoms with van der Waals surface area (Å²) in [5.41, 5.74) is -0.380. The van der Waals surface area contributed by atoms with E-state index in [1.54, 1.807) is 0 Å². The monoisotopic (exact) mass is 418 g/mol. The van der Waals surface area contributed by atoms with Gasteiger partial charge in [-0.15, -0.1) is 11.4 Å². The third kappa shape index (κ3) is 32.1. The SMILES string of the molecule is O.O.O.O.O.O.O.O=C(O)c1ccccc1C(=O)O.O=S([O-])[O-].[Na+].[Na+]. The van der Waals surface area contributed by atoms with E-state index < -0.39 is 23.3 Å². The molecule has 0 aliphatic carbocycles. The van der Waals surface area contributed by atoms with Gasteiger partial charge in [0.1, 0.15) is 0 Å². The van der Waals surface area contributed by atoms with Crippen LogP contribution in [0.5, 0.6) is 0 Å². The van der Waals surface area contributed by atoms with Gasteiger partial charge in [-0.1, -0.05) is 12.1 Å². The van der Waals surface area contributed by atoms with Crippen LogP contribution in [0.1, 0.15) is 20.7 Å². The molecule has 0 spiro atoms. The first-order valence-electron chi connectivity index (χ1n) is 3.68. The van der Waals surface area contributed by atoms with E-state index in [9.17, 15) is 9.59 Å². The number of hydrogen-bond donors (Lipinski definition) is 2. The minimum Gasteiger partial charge on any atom is -0.784 e. The maximum absolute atomic E-state index is 10.5. The van der Waals surface area contributed by atoms with Crippen molar-refractivity contribution in [2.24, 2.45) is 0 Å². The topological polar surface area (TPSA) is 358 Å². The summed E-state index contributed by atoms with van der Waals surface area (Å²) in [4.78, 5) is 20.9. The number of carbonyl (C=O) groups is 2. The maximum atomic E-state index is 10.5. The summed E-state index contributed by atoms with van der Waals surface area (Å²) in [6.07, 6.45) is 0. The van der Waals surface area contributed by atoms with Gasteiger partial charge in [0.15, 0.2) is 0 Å². The van der Waals surface area contributed by atoms with Crippen LogP contribution < -0.4 is 59.1 Å². The van der Waals surface area contributed by atoms with Gasteiger partial charge in [-0.3, -0.25) is 4.21 Å². The van der Waals surface area contributed by atoms with Gasteiger partial charge >= 0.3 is 71.1 Å². The molecule has 0 unspecified atom stereocenters. The van der Waals surface area contributed by atoms with E-state index in [0.717, 1.165) is 0 Å². The molecular formula is C8H20Na2O14S. The molecule has 14 nitrogen and oxygen atoms in total. The van der Waals surface area contributed by atoms with Crippen LogP contribution in [0.3, 0.4) is 0 Å². The van der Waals surface area contributed by atoms with Crippen molar-refractivity contribution < 1.29 is 131 Å². The Balaban J connectivity index is -0.0000000200. The zero-order chi connectivity index (χ0) is 12.7. The van der Waals surface area contributed by atoms with Crippen LogP contribution in [0, 0.1) is 0 Å². The van der Waals surface area contributed by atoms with Gasteiger partial charge in [-0.2, -0.15) is 0 Å². The van der Waals surface area contributed by atoms with Crippen LogP contribution in [0.4, 0.5) is 0 Å². The summed E-state index contributed by atoms with van der Waals surface area (Å²) in [5, 5.41) is 17.1. The Hall–Kier alpha value is -0.0500. The Kier molecular flexibility index (Phi) is 90.0. The molecule has 25 heavy (non-hydrogen) atoms. The molecule has 0 aliphatic rings. The van der Waals surface area contributed by atoms with Crippen molar-refractivity contribution in [3.63, 3.8) is 0 Å². The van der Waals surface area contributed by atoms with Gasteiger partial charge < -0.3 is 57.7 Å². The first-order valence-corrected chi connectivity index (χ1v) is 4.68. The molecule has 0 saturated heterocycles. The quantitative estimate of drug-likeness (QED) is 0.344. The minimum atomic E-state index is -3.11. The average Bonchev–Trinajstić information content (AvgIpc) is 2.16. The molecule has 0 atom stereocenters. The van der Waals surface area contributed by atoms with Crippen molar-refractivity contribution >= 4 is 23.3 Å². The Morgan fingerprint density at radius 2 is 0.880 bits per heavy atom. The molecule has 0 aliphatic heterocycles. The fourth-order valence-electron chi connectivity index (χ4n) is 0.856. The number of carboxylic acids is 2. The number of hydrogen-bond acceptors (Lipinski definition) is 5. The molecule has 0 saturated carbocycles. The van der Waals surface area contributed by atoms with Gasteiger partial charge in [-0.05, 0) is 12.1 Å². The van der Waals surface area contributed by atoms with Crippen molar-refractivity contribution in [3.8, 4) is 0 Å². The second kappa shape index (κ2) is 35.1. The Morgan fingerprint density at radius 3 is 1.00 bits per heavy atom. The third-order valence-corrected chi connectivity index (χ3v) is 1.39. The van der Waals surface area contributed by atoms with E-state index in [2.05, 4.69) is 0 Å². The van der Waals surface area contributed by atoms with Gasteiger partial charge in [0.05, 0.1) is 11.1 Å². The summed E-state index contributed by atoms with van der Waals surface area (Å²) in [5.74, 6) is -2.46. The molecule has 0 bridgehead atoms. The summed E-state index contributed by atoms with van der Waals surface area (Å²) in [6, 6.07) is 5.48. The minimum absolute atomic E-state index is 0. The molecule has 1 aromatic rings. The first-order chi connectivity index (χ1) is 7.36. The van der Waals surface area contributed by atoms with E-state index in [0.29, 0.717) is 0 Å². The second-order valence-electron chi connectivity index (χ2n) is 2.36. The normalized spacial score (nSPS) is 5.88. The van der Waals surface area contributed by atoms with Crippen molar-refractivity contribution in [3.05, 3.63) is 35.4 Å². The molecule has 0 aromatic heterocycles. The Morgan fingerprint density at radius 1 is 0.720 bits per heavy atom. The van der Waals surface area contributed by atoms with Crippen LogP contribution in [-0.2, 0) is 11.4 Å². The number of rotatable bonds is 2. The van der Waals surface area contributed by atoms with Crippen molar-refractivity contribution in [2.75, 3.05) is 0 Å². The van der Waals surface area contributed by atoms with Crippen LogP contribution >= 0.6 is 0 Å². The number of benzene rings is 1. The maximum Gasteiger partial charge on any atom is 1.00 e. The van der Waals surface area contributed by atoms with E-state index in [1.807, 2.05) is 0 Å². The Labute approximate surface area is 188 Å². The summed E-state index contributed by atoms with van der Waals surface area (Å²) in [6.45, 7) is 0. The van der Waals surface area contributed by atoms with Crippen LogP contribution in [-0.4, -0.2) is 73.8 Å². The zero-order valence-electron chi connectivity index (χ0n) is 13.2. The summed E-state index contributed by atoms with van der Waals surface area (Å²) >= 11 is -3.11. The molecule has 1 rings (SSSR count). The fraction of sp³-hybridized carbons (Fsp3) is 0. The molecule has 16 N–H and O–H groups in total. The molecule has 0 heterocycles. The van der Waals surface area contributed by atoms with Gasteiger partial charge in [0.25, 0.3) is 0 Å². The van der Waals surface area contributed by atoms with Gasteiger partial charge in [0.2, 0.25) is 0 Å². The summed E-state index contributed by atoms with van der Waals surface area (Å²) in [7, 11) is 0. The van der Waals surface area contributed by atoms with E-state index >= 15 is 0 Å². The average molecular weight is 418 g/mol. The molecule has 0 fully saturated rings. The third-order valence-electron chi connectivity index (χ3n) is 1.39. The summed E-state index contributed by atoms with van der Waals surface area (Å²) < 4.78 is 25.3. The molecular weight excluding hydrogens is 398 g/mol. The smallest absolute Gasteiger partial charge is 0.784 e. The van der Waals surface area contributed by atoms with Crippen LogP contribution in [0.15, 0.2) is 24.3 Å². The van der Waals surface area contributed by atoms with Crippen molar-refractivity contribution in [1.82, 2.24) is 0 Å². The molecule has 0 radical (unpaired) electrons. The molecule has 144 valence electrons. The predicted octanol–water partition coefficient (Wildman–Crippen LogP) is -11.7. The molecule has 17 heteroatoms. The van der Waals surface area contributed by atoms with Gasteiger partial charge in [0, 0.05) is 0 Å². The van der Waals surface area contributed by atoms with E-state index in [4.69, 9.17) is 23.5 Å². The Bertz CT molecular complexity index is 394. The fourth-order valence-corrected chi connectivity index (χ4v) is 0.856. The zero-order valence-corrected chi connectivity index (χ0v) is 18.0. The van der Waals surface area contributed by atoms with Crippen molar-refractivity contribution in [1.29, 1.82) is 0 Å². The van der Waals surface area contributed by atoms with Crippen LogP contribution in [0.25, 0.3) is 0 Å². The largest absolute Gasteiger partial charge is 1.00 e.